The van der Waals surface area contributed by atoms with Gasteiger partial charge in [0, 0.05) is 18.8 Å². The van der Waals surface area contributed by atoms with Gasteiger partial charge in [-0.25, -0.2) is 4.98 Å². The number of pyridine rings is 1. The summed E-state index contributed by atoms with van der Waals surface area (Å²) in [6.07, 6.45) is 4.67. The summed E-state index contributed by atoms with van der Waals surface area (Å²) in [4.78, 5) is 15.2. The Morgan fingerprint density at radius 2 is 2.43 bits per heavy atom. The molecule has 0 bridgehead atoms. The smallest absolute Gasteiger partial charge is 0.249 e. The van der Waals surface area contributed by atoms with Gasteiger partial charge in [-0.05, 0) is 18.6 Å². The molecule has 1 rings (SSSR count). The van der Waals surface area contributed by atoms with Crippen molar-refractivity contribution in [3.63, 3.8) is 0 Å². The average molecular weight is 191 g/mol. The number of anilines is 1. The van der Waals surface area contributed by atoms with E-state index in [0.717, 1.165) is 5.56 Å². The standard InChI is InChI=1S/C10H13N3O/c1-8-4-5-9(12-7-8)13-10(14)3-2-6-11/h2-5,7H,6,11H2,1H3,(H,12,13,14)/b3-2+. The molecule has 0 aromatic carbocycles. The van der Waals surface area contributed by atoms with Crippen LogP contribution in [0.3, 0.4) is 0 Å². The molecule has 0 fully saturated rings. The first-order valence-corrected chi connectivity index (χ1v) is 4.32. The molecule has 0 saturated carbocycles. The zero-order valence-corrected chi connectivity index (χ0v) is 8.03. The molecular weight excluding hydrogens is 178 g/mol. The molecule has 0 unspecified atom stereocenters. The summed E-state index contributed by atoms with van der Waals surface area (Å²) in [7, 11) is 0. The second kappa shape index (κ2) is 5.14. The molecule has 1 heterocycles. The van der Waals surface area contributed by atoms with Crippen LogP contribution in [0.25, 0.3) is 0 Å². The van der Waals surface area contributed by atoms with Crippen molar-refractivity contribution in [2.75, 3.05) is 11.9 Å². The van der Waals surface area contributed by atoms with Gasteiger partial charge in [0.15, 0.2) is 0 Å². The molecule has 1 aromatic rings. The number of nitrogens with two attached hydrogens (primary N) is 1. The van der Waals surface area contributed by atoms with Crippen LogP contribution < -0.4 is 11.1 Å². The molecule has 0 aliphatic carbocycles. The number of hydrogen-bond acceptors (Lipinski definition) is 3. The van der Waals surface area contributed by atoms with E-state index < -0.39 is 0 Å². The number of nitrogens with one attached hydrogen (secondary N) is 1. The van der Waals surface area contributed by atoms with E-state index in [9.17, 15) is 4.79 Å². The molecule has 0 radical (unpaired) electrons. The van der Waals surface area contributed by atoms with Crippen LogP contribution in [0.1, 0.15) is 5.56 Å². The minimum Gasteiger partial charge on any atom is -0.327 e. The first-order valence-electron chi connectivity index (χ1n) is 4.32. The molecule has 0 aliphatic heterocycles. The van der Waals surface area contributed by atoms with E-state index in [1.807, 2.05) is 13.0 Å². The van der Waals surface area contributed by atoms with E-state index in [1.54, 1.807) is 18.3 Å². The van der Waals surface area contributed by atoms with Crippen molar-refractivity contribution < 1.29 is 4.79 Å². The quantitative estimate of drug-likeness (QED) is 0.696. The number of carbonyl (C=O) groups excluding carboxylic acids is 1. The summed E-state index contributed by atoms with van der Waals surface area (Å²) in [5.41, 5.74) is 6.26. The molecule has 4 heteroatoms. The maximum Gasteiger partial charge on any atom is 0.249 e. The molecule has 4 nitrogen and oxygen atoms in total. The third kappa shape index (κ3) is 3.37. The number of rotatable bonds is 3. The predicted octanol–water partition coefficient (Wildman–Crippen LogP) is 0.843. The normalized spacial score (nSPS) is 10.4. The molecule has 0 spiro atoms. The van der Waals surface area contributed by atoms with Gasteiger partial charge in [0.05, 0.1) is 0 Å². The first-order chi connectivity index (χ1) is 6.72. The van der Waals surface area contributed by atoms with Crippen LogP contribution in [0, 0.1) is 6.92 Å². The maximum absolute atomic E-state index is 11.2. The zero-order chi connectivity index (χ0) is 10.4. The lowest BCUT2D eigenvalue weighted by Crippen LogP contribution is -2.09. The van der Waals surface area contributed by atoms with Crippen molar-refractivity contribution in [3.05, 3.63) is 36.0 Å². The molecule has 0 saturated heterocycles. The largest absolute Gasteiger partial charge is 0.327 e. The van der Waals surface area contributed by atoms with Crippen LogP contribution in [-0.4, -0.2) is 17.4 Å². The Kier molecular flexibility index (Phi) is 3.82. The van der Waals surface area contributed by atoms with Gasteiger partial charge in [0.2, 0.25) is 5.91 Å². The minimum atomic E-state index is -0.216. The Labute approximate surface area is 82.8 Å². The number of aryl methyl sites for hydroxylation is 1. The van der Waals surface area contributed by atoms with E-state index in [-0.39, 0.29) is 5.91 Å². The molecule has 1 amide bonds. The number of nitrogens with zero attached hydrogens (tertiary/aromatic N) is 1. The van der Waals surface area contributed by atoms with Gasteiger partial charge >= 0.3 is 0 Å². The van der Waals surface area contributed by atoms with Crippen molar-refractivity contribution >= 4 is 11.7 Å². The zero-order valence-electron chi connectivity index (χ0n) is 8.03. The lowest BCUT2D eigenvalue weighted by atomic mass is 10.3. The number of aromatic nitrogens is 1. The average Bonchev–Trinajstić information content (AvgIpc) is 2.18. The number of carbonyl (C=O) groups is 1. The van der Waals surface area contributed by atoms with Crippen molar-refractivity contribution in [2.24, 2.45) is 5.73 Å². The molecule has 0 atom stereocenters. The number of hydrogen-bond donors (Lipinski definition) is 2. The van der Waals surface area contributed by atoms with Crippen LogP contribution in [-0.2, 0) is 4.79 Å². The van der Waals surface area contributed by atoms with Gasteiger partial charge in [-0.2, -0.15) is 0 Å². The van der Waals surface area contributed by atoms with Crippen molar-refractivity contribution in [1.82, 2.24) is 4.98 Å². The van der Waals surface area contributed by atoms with Crippen molar-refractivity contribution in [1.29, 1.82) is 0 Å². The topological polar surface area (TPSA) is 68.0 Å². The second-order valence-corrected chi connectivity index (χ2v) is 2.85. The highest BCUT2D eigenvalue weighted by Crippen LogP contribution is 2.03. The van der Waals surface area contributed by atoms with E-state index >= 15 is 0 Å². The van der Waals surface area contributed by atoms with Gasteiger partial charge in [-0.15, -0.1) is 0 Å². The van der Waals surface area contributed by atoms with E-state index in [0.29, 0.717) is 12.4 Å². The predicted molar refractivity (Wildman–Crippen MR) is 55.8 cm³/mol. The minimum absolute atomic E-state index is 0.216. The first kappa shape index (κ1) is 10.4. The fourth-order valence-electron chi connectivity index (χ4n) is 0.885. The summed E-state index contributed by atoms with van der Waals surface area (Å²) < 4.78 is 0. The molecule has 0 aliphatic rings. The van der Waals surface area contributed by atoms with Crippen molar-refractivity contribution in [3.8, 4) is 0 Å². The second-order valence-electron chi connectivity index (χ2n) is 2.85. The Morgan fingerprint density at radius 1 is 1.64 bits per heavy atom. The summed E-state index contributed by atoms with van der Waals surface area (Å²) >= 11 is 0. The molecular formula is C10H13N3O. The highest BCUT2D eigenvalue weighted by Gasteiger charge is 1.97. The lowest BCUT2D eigenvalue weighted by molar-refractivity contribution is -0.111. The molecule has 1 aromatic heterocycles. The monoisotopic (exact) mass is 191 g/mol. The Balaban J connectivity index is 2.56. The van der Waals surface area contributed by atoms with Crippen molar-refractivity contribution in [2.45, 2.75) is 6.92 Å². The van der Waals surface area contributed by atoms with Crippen LogP contribution in [0.2, 0.25) is 0 Å². The molecule has 14 heavy (non-hydrogen) atoms. The fraction of sp³-hybridized carbons (Fsp3) is 0.200. The number of amides is 1. The highest BCUT2D eigenvalue weighted by atomic mass is 16.1. The van der Waals surface area contributed by atoms with Crippen LogP contribution in [0.4, 0.5) is 5.82 Å². The Bertz CT molecular complexity index is 330. The molecule has 74 valence electrons. The van der Waals surface area contributed by atoms with E-state index in [2.05, 4.69) is 10.3 Å². The van der Waals surface area contributed by atoms with Gasteiger partial charge in [-0.3, -0.25) is 4.79 Å². The van der Waals surface area contributed by atoms with Gasteiger partial charge < -0.3 is 11.1 Å². The Morgan fingerprint density at radius 3 is 3.00 bits per heavy atom. The van der Waals surface area contributed by atoms with Crippen LogP contribution >= 0.6 is 0 Å². The van der Waals surface area contributed by atoms with Gasteiger partial charge in [0.1, 0.15) is 5.82 Å². The fourth-order valence-corrected chi connectivity index (χ4v) is 0.885. The summed E-state index contributed by atoms with van der Waals surface area (Å²) in [6, 6.07) is 3.64. The van der Waals surface area contributed by atoms with Gasteiger partial charge in [-0.1, -0.05) is 12.1 Å². The SMILES string of the molecule is Cc1ccc(NC(=O)/C=C/CN)nc1. The van der Waals surface area contributed by atoms with Gasteiger partial charge in [0.25, 0.3) is 0 Å². The van der Waals surface area contributed by atoms with E-state index in [4.69, 9.17) is 5.73 Å². The third-order valence-electron chi connectivity index (χ3n) is 1.57. The third-order valence-corrected chi connectivity index (χ3v) is 1.57. The highest BCUT2D eigenvalue weighted by molar-refractivity contribution is 5.98. The lowest BCUT2D eigenvalue weighted by Gasteiger charge is -2.00. The summed E-state index contributed by atoms with van der Waals surface area (Å²) in [5.74, 6) is 0.328. The van der Waals surface area contributed by atoms with E-state index in [1.165, 1.54) is 6.08 Å². The van der Waals surface area contributed by atoms with Crippen LogP contribution in [0.15, 0.2) is 30.5 Å². The van der Waals surface area contributed by atoms with Crippen LogP contribution in [0.5, 0.6) is 0 Å². The summed E-state index contributed by atoms with van der Waals surface area (Å²) in [5, 5.41) is 2.61. The Hall–Kier alpha value is -1.68. The maximum atomic E-state index is 11.2. The molecule has 3 N–H and O–H groups in total. The summed E-state index contributed by atoms with van der Waals surface area (Å²) in [6.45, 7) is 2.29.